The van der Waals surface area contributed by atoms with Crippen LogP contribution in [0.15, 0.2) is 60.7 Å². The number of fused-ring (bicyclic) bond motifs is 4. The molecule has 6 N–H and O–H groups in total. The molecule has 0 radical (unpaired) electrons. The number of carboxylic acid groups (broad SMARTS) is 6. The topological polar surface area (TPSA) is 397 Å². The van der Waals surface area contributed by atoms with Gasteiger partial charge in [-0.05, 0) is 101 Å². The molecule has 7 unspecified atom stereocenters. The molecule has 0 amide bonds. The Kier molecular flexibility index (Phi) is 24.2. The zero-order valence-corrected chi connectivity index (χ0v) is 43.9. The van der Waals surface area contributed by atoms with E-state index >= 15 is 0 Å². The minimum absolute atomic E-state index is 0.0486. The maximum absolute atomic E-state index is 12.4. The van der Waals surface area contributed by atoms with Crippen LogP contribution >= 0.6 is 0 Å². The zero-order valence-electron chi connectivity index (χ0n) is 43.9. The highest BCUT2D eigenvalue weighted by atomic mass is 17.1. The number of nitrogen functional groups attached to an aromatic ring is 1. The summed E-state index contributed by atoms with van der Waals surface area (Å²) in [6, 6.07) is 12.6. The third-order valence-corrected chi connectivity index (χ3v) is 14.9. The number of rotatable bonds is 23. The van der Waals surface area contributed by atoms with Crippen molar-refractivity contribution < 1.29 is 79.7 Å². The SMILES string of the molecule is CC(C(=O)[O-])N1CCN(C(CCCOO)C(=O)[O-])Cc2cccc(n2)CN(C(CCc2ccc(N)cc2)C(=O)[O-])CC1.CC(C(=O)[O-])N1CCN(C(CCN)C(=O)[O-])Cc2cccc(n2)CN(C2(C(=O)[O-])CC2COO)CC1. The summed E-state index contributed by atoms with van der Waals surface area (Å²) in [5.41, 5.74) is 13.8. The lowest BCUT2D eigenvalue weighted by Crippen LogP contribution is -2.57. The highest BCUT2D eigenvalue weighted by molar-refractivity contribution is 5.81. The number of hydrogen-bond acceptors (Lipinski definition) is 26. The lowest BCUT2D eigenvalue weighted by atomic mass is 10.0. The number of aromatic nitrogens is 2. The van der Waals surface area contributed by atoms with Crippen molar-refractivity contribution in [3.8, 4) is 0 Å². The van der Waals surface area contributed by atoms with Crippen LogP contribution in [0, 0.1) is 5.92 Å². The number of benzene rings is 1. The maximum atomic E-state index is 12.4. The summed E-state index contributed by atoms with van der Waals surface area (Å²) in [5.74, 6) is -8.26. The third kappa shape index (κ3) is 17.6. The maximum Gasteiger partial charge on any atom is 0.0870 e. The molecule has 1 aromatic carbocycles. The van der Waals surface area contributed by atoms with E-state index in [0.29, 0.717) is 34.9 Å². The molecule has 4 bridgehead atoms. The van der Waals surface area contributed by atoms with Gasteiger partial charge in [0.1, 0.15) is 0 Å². The van der Waals surface area contributed by atoms with Crippen molar-refractivity contribution in [1.29, 1.82) is 0 Å². The van der Waals surface area contributed by atoms with Gasteiger partial charge in [0.2, 0.25) is 0 Å². The first-order valence-electron chi connectivity index (χ1n) is 25.9. The van der Waals surface area contributed by atoms with E-state index in [-0.39, 0.29) is 130 Å². The second kappa shape index (κ2) is 30.2. The van der Waals surface area contributed by atoms with Gasteiger partial charge in [-0.1, -0.05) is 24.3 Å². The third-order valence-electron chi connectivity index (χ3n) is 14.9. The number of hydrogen-bond donors (Lipinski definition) is 4. The highest BCUT2D eigenvalue weighted by Crippen LogP contribution is 2.49. The molecule has 1 saturated carbocycles. The fourth-order valence-corrected chi connectivity index (χ4v) is 10.2. The highest BCUT2D eigenvalue weighted by Gasteiger charge is 2.59. The number of nitrogens with two attached hydrogens (primary N) is 2. The van der Waals surface area contributed by atoms with E-state index < -0.39 is 77.5 Å². The number of pyridine rings is 2. The van der Waals surface area contributed by atoms with Crippen LogP contribution in [0.5, 0.6) is 0 Å². The molecule has 1 fully saturated rings. The molecule has 2 aliphatic heterocycles. The molecule has 26 heteroatoms. The van der Waals surface area contributed by atoms with E-state index in [1.54, 1.807) is 77.9 Å². The van der Waals surface area contributed by atoms with Crippen molar-refractivity contribution in [2.24, 2.45) is 11.7 Å². The van der Waals surface area contributed by atoms with Gasteiger partial charge in [0.25, 0.3) is 0 Å². The van der Waals surface area contributed by atoms with Crippen molar-refractivity contribution in [2.75, 3.05) is 77.9 Å². The van der Waals surface area contributed by atoms with Gasteiger partial charge in [0, 0.05) is 108 Å². The van der Waals surface area contributed by atoms with Crippen LogP contribution in [-0.2, 0) is 71.1 Å². The Morgan fingerprint density at radius 1 is 0.590 bits per heavy atom. The molecule has 3 aliphatic rings. The van der Waals surface area contributed by atoms with Gasteiger partial charge < -0.3 is 70.9 Å². The van der Waals surface area contributed by atoms with Crippen LogP contribution < -0.4 is 42.1 Å². The van der Waals surface area contributed by atoms with Crippen LogP contribution in [-0.4, -0.2) is 194 Å². The molecule has 7 atom stereocenters. The second-order valence-corrected chi connectivity index (χ2v) is 19.9. The van der Waals surface area contributed by atoms with Gasteiger partial charge in [-0.3, -0.25) is 49.9 Å². The number of carboxylic acids is 6. The monoisotopic (exact) mass is 1090 g/mol. The number of nitrogens with zero attached hydrogens (tertiary/aromatic N) is 8. The summed E-state index contributed by atoms with van der Waals surface area (Å²) in [5, 5.41) is 89.7. The van der Waals surface area contributed by atoms with E-state index in [0.717, 1.165) is 5.56 Å². The fraction of sp³-hybridized carbons (Fsp3) is 0.577. The fourth-order valence-electron chi connectivity index (χ4n) is 10.2. The molecule has 430 valence electrons. The lowest BCUT2D eigenvalue weighted by Gasteiger charge is -2.39. The van der Waals surface area contributed by atoms with Gasteiger partial charge >= 0.3 is 0 Å². The summed E-state index contributed by atoms with van der Waals surface area (Å²) in [6.45, 7) is 4.67. The number of carbonyl (C=O) groups is 6. The Morgan fingerprint density at radius 3 is 1.42 bits per heavy atom. The molecule has 78 heavy (non-hydrogen) atoms. The Morgan fingerprint density at radius 2 is 1.01 bits per heavy atom. The average Bonchev–Trinajstić information content (AvgIpc) is 4.18. The van der Waals surface area contributed by atoms with E-state index in [4.69, 9.17) is 27.0 Å². The summed E-state index contributed by atoms with van der Waals surface area (Å²) >= 11 is 0. The zero-order chi connectivity index (χ0) is 57.1. The van der Waals surface area contributed by atoms with Gasteiger partial charge in [-0.2, -0.15) is 0 Å². The van der Waals surface area contributed by atoms with Gasteiger partial charge in [0.05, 0.1) is 89.4 Å². The molecule has 3 aromatic rings. The number of carbonyl (C=O) groups excluding carboxylic acids is 6. The molecule has 0 spiro atoms. The van der Waals surface area contributed by atoms with E-state index in [2.05, 4.69) is 14.8 Å². The summed E-state index contributed by atoms with van der Waals surface area (Å²) in [7, 11) is 0. The molecule has 1 aliphatic carbocycles. The summed E-state index contributed by atoms with van der Waals surface area (Å²) < 4.78 is 0. The van der Waals surface area contributed by atoms with Crippen molar-refractivity contribution in [3.05, 3.63) is 89.0 Å². The standard InChI is InChI=1S/C29H41N5O8.C23H35N5O8/c1-20(27(35)36)32-13-15-33(25(28(37)38)6-3-17-42-41)18-23-4-2-5-24(31-23)19-34(16-14-32)26(29(39)40)12-9-21-7-10-22(30)11-8-21;1-15(20(29)30)26-7-8-27(19(5-6-24)21(31)32)12-17-3-2-4-18(25-17)13-28(10-9-26)23(22(33)34)11-16(23)14-36-35/h2,4-5,7-8,10-11,20,25-26,41H,3,6,9,12-19,30H2,1H3,(H,35,36)(H,37,38)(H,39,40);2-4,15-16,19,35H,5-14,24H2,1H3,(H,29,30)(H,31,32)(H,33,34)/p-6. The lowest BCUT2D eigenvalue weighted by molar-refractivity contribution is -0.317. The average molecular weight is 1090 g/mol. The number of aliphatic carboxylic acids is 6. The van der Waals surface area contributed by atoms with E-state index in [9.17, 15) is 59.4 Å². The minimum Gasteiger partial charge on any atom is -0.548 e. The van der Waals surface area contributed by atoms with Crippen molar-refractivity contribution in [1.82, 2.24) is 39.4 Å². The van der Waals surface area contributed by atoms with Crippen molar-refractivity contribution in [2.45, 2.75) is 114 Å². The quantitative estimate of drug-likeness (QED) is 0.0297. The molecular weight excluding hydrogens is 1020 g/mol. The molecule has 26 nitrogen and oxygen atoms in total. The molecular formula is C52H70N10O16-6. The van der Waals surface area contributed by atoms with Gasteiger partial charge in [0.15, 0.2) is 0 Å². The first kappa shape index (κ1) is 62.5. The first-order chi connectivity index (χ1) is 37.2. The predicted molar refractivity (Wildman–Crippen MR) is 264 cm³/mol. The van der Waals surface area contributed by atoms with Gasteiger partial charge in [-0.15, -0.1) is 0 Å². The van der Waals surface area contributed by atoms with Crippen LogP contribution in [0.25, 0.3) is 0 Å². The normalized spacial score (nSPS) is 21.5. The largest absolute Gasteiger partial charge is 0.548 e. The number of aryl methyl sites for hydroxylation is 1. The smallest absolute Gasteiger partial charge is 0.0870 e. The van der Waals surface area contributed by atoms with Crippen LogP contribution in [0.4, 0.5) is 5.69 Å². The first-order valence-corrected chi connectivity index (χ1v) is 25.9. The minimum atomic E-state index is -1.39. The Bertz CT molecular complexity index is 2460. The second-order valence-electron chi connectivity index (χ2n) is 19.9. The van der Waals surface area contributed by atoms with Crippen LogP contribution in [0.3, 0.4) is 0 Å². The van der Waals surface area contributed by atoms with Crippen LogP contribution in [0.1, 0.15) is 74.3 Å². The molecule has 0 saturated heterocycles. The van der Waals surface area contributed by atoms with E-state index in [1.807, 2.05) is 12.1 Å². The summed E-state index contributed by atoms with van der Waals surface area (Å²) in [4.78, 5) is 99.7. The summed E-state index contributed by atoms with van der Waals surface area (Å²) in [6.07, 6.45) is 1.45. The number of anilines is 1. The van der Waals surface area contributed by atoms with Gasteiger partial charge in [-0.25, -0.2) is 9.78 Å². The Labute approximate surface area is 452 Å². The van der Waals surface area contributed by atoms with E-state index in [1.165, 1.54) is 13.8 Å². The van der Waals surface area contributed by atoms with Crippen molar-refractivity contribution >= 4 is 41.5 Å². The van der Waals surface area contributed by atoms with Crippen molar-refractivity contribution in [3.63, 3.8) is 0 Å². The molecule has 6 rings (SSSR count). The molecule has 2 aromatic heterocycles. The van der Waals surface area contributed by atoms with Crippen LogP contribution in [0.2, 0.25) is 0 Å². The molecule has 4 heterocycles. The predicted octanol–water partition coefficient (Wildman–Crippen LogP) is -6.53. The Hall–Kier alpha value is -6.30. The Balaban J connectivity index is 0.000000291.